The molecule has 3 nitrogen and oxygen atoms in total. The molecule has 2 aromatic carbocycles. The molecule has 0 amide bonds. The number of carbonyl (C=O) groups is 1. The number of hydrogen-bond acceptors (Lipinski definition) is 3. The Morgan fingerprint density at radius 1 is 0.850 bits per heavy atom. The summed E-state index contributed by atoms with van der Waals surface area (Å²) in [6.45, 7) is 0. The molecule has 3 heteroatoms. The van der Waals surface area contributed by atoms with Crippen molar-refractivity contribution in [2.24, 2.45) is 0 Å². The normalized spacial score (nSPS) is 11.2. The first kappa shape index (κ1) is 11.1. The van der Waals surface area contributed by atoms with Gasteiger partial charge >= 0.3 is 0 Å². The first-order valence-electron chi connectivity index (χ1n) is 6.31. The van der Waals surface area contributed by atoms with Crippen molar-refractivity contribution < 1.29 is 13.6 Å². The van der Waals surface area contributed by atoms with Crippen molar-refractivity contribution in [1.82, 2.24) is 0 Å². The summed E-state index contributed by atoms with van der Waals surface area (Å²) >= 11 is 0. The Balaban J connectivity index is 1.94. The van der Waals surface area contributed by atoms with Crippen LogP contribution in [-0.4, -0.2) is 5.78 Å². The van der Waals surface area contributed by atoms with Gasteiger partial charge < -0.3 is 8.83 Å². The highest BCUT2D eigenvalue weighted by Gasteiger charge is 2.13. The van der Waals surface area contributed by atoms with Crippen LogP contribution < -0.4 is 0 Å². The van der Waals surface area contributed by atoms with Gasteiger partial charge in [0.2, 0.25) is 0 Å². The second kappa shape index (κ2) is 4.10. The van der Waals surface area contributed by atoms with E-state index in [1.165, 1.54) is 12.5 Å². The predicted octanol–water partition coefficient (Wildman–Crippen LogP) is 4.41. The highest BCUT2D eigenvalue weighted by atomic mass is 16.3. The fourth-order valence-electron chi connectivity index (χ4n) is 2.43. The third-order valence-corrected chi connectivity index (χ3v) is 3.42. The maximum atomic E-state index is 12.3. The molecule has 0 unspecified atom stereocenters. The molecule has 0 spiro atoms. The molecule has 0 atom stereocenters. The van der Waals surface area contributed by atoms with Crippen LogP contribution in [0.2, 0.25) is 0 Å². The van der Waals surface area contributed by atoms with Gasteiger partial charge in [0.15, 0.2) is 5.78 Å². The molecule has 0 aliphatic carbocycles. The smallest absolute Gasteiger partial charge is 0.196 e. The van der Waals surface area contributed by atoms with Gasteiger partial charge in [-0.2, -0.15) is 0 Å². The molecule has 0 aliphatic heterocycles. The van der Waals surface area contributed by atoms with Crippen LogP contribution in [0, 0.1) is 0 Å². The highest BCUT2D eigenvalue weighted by Crippen LogP contribution is 2.29. The van der Waals surface area contributed by atoms with Crippen LogP contribution in [0.25, 0.3) is 21.9 Å². The quantitative estimate of drug-likeness (QED) is 0.502. The summed E-state index contributed by atoms with van der Waals surface area (Å²) in [5, 5.41) is 1.97. The molecule has 96 valence electrons. The third kappa shape index (κ3) is 1.57. The monoisotopic (exact) mass is 262 g/mol. The average molecular weight is 262 g/mol. The van der Waals surface area contributed by atoms with E-state index in [4.69, 9.17) is 8.83 Å². The maximum Gasteiger partial charge on any atom is 0.196 e. The molecular formula is C17H10O3. The second-order valence-corrected chi connectivity index (χ2v) is 4.65. The highest BCUT2D eigenvalue weighted by molar-refractivity contribution is 6.13. The van der Waals surface area contributed by atoms with Gasteiger partial charge in [0.1, 0.15) is 17.4 Å². The Labute approximate surface area is 114 Å². The molecule has 2 aromatic heterocycles. The number of para-hydroxylation sites is 1. The van der Waals surface area contributed by atoms with E-state index >= 15 is 0 Å². The SMILES string of the molecule is O=C(c1ccoc1)c1ccc2oc3ccccc3c2c1. The second-order valence-electron chi connectivity index (χ2n) is 4.65. The molecule has 0 fully saturated rings. The van der Waals surface area contributed by atoms with Gasteiger partial charge in [-0.25, -0.2) is 0 Å². The van der Waals surface area contributed by atoms with Gasteiger partial charge in [0.05, 0.1) is 11.8 Å². The standard InChI is InChI=1S/C17H10O3/c18-17(12-7-8-19-10-12)11-5-6-16-14(9-11)13-3-1-2-4-15(13)20-16/h1-10H. The van der Waals surface area contributed by atoms with Crippen molar-refractivity contribution in [2.45, 2.75) is 0 Å². The van der Waals surface area contributed by atoms with Crippen LogP contribution in [0.4, 0.5) is 0 Å². The van der Waals surface area contributed by atoms with Crippen molar-refractivity contribution in [1.29, 1.82) is 0 Å². The van der Waals surface area contributed by atoms with Crippen LogP contribution in [0.15, 0.2) is 69.9 Å². The molecule has 0 saturated heterocycles. The Morgan fingerprint density at radius 2 is 1.70 bits per heavy atom. The van der Waals surface area contributed by atoms with Crippen molar-refractivity contribution in [2.75, 3.05) is 0 Å². The lowest BCUT2D eigenvalue weighted by molar-refractivity contribution is 0.103. The minimum absolute atomic E-state index is 0.0501. The van der Waals surface area contributed by atoms with E-state index in [0.717, 1.165) is 21.9 Å². The number of hydrogen-bond donors (Lipinski definition) is 0. The molecule has 2 heterocycles. The van der Waals surface area contributed by atoms with E-state index in [-0.39, 0.29) is 5.78 Å². The summed E-state index contributed by atoms with van der Waals surface area (Å²) in [5.41, 5.74) is 2.80. The molecule has 4 rings (SSSR count). The first-order valence-corrected chi connectivity index (χ1v) is 6.31. The lowest BCUT2D eigenvalue weighted by atomic mass is 10.0. The Hall–Kier alpha value is -2.81. The number of carbonyl (C=O) groups excluding carboxylic acids is 1. The van der Waals surface area contributed by atoms with E-state index in [9.17, 15) is 4.79 Å². The van der Waals surface area contributed by atoms with E-state index < -0.39 is 0 Å². The Bertz CT molecular complexity index is 914. The first-order chi connectivity index (χ1) is 9.83. The third-order valence-electron chi connectivity index (χ3n) is 3.42. The molecule has 4 aromatic rings. The number of rotatable bonds is 2. The summed E-state index contributed by atoms with van der Waals surface area (Å²) in [5.74, 6) is -0.0501. The summed E-state index contributed by atoms with van der Waals surface area (Å²) in [4.78, 5) is 12.3. The Kier molecular flexibility index (Phi) is 2.27. The van der Waals surface area contributed by atoms with Crippen molar-refractivity contribution in [3.63, 3.8) is 0 Å². The van der Waals surface area contributed by atoms with Gasteiger partial charge in [-0.1, -0.05) is 18.2 Å². The lowest BCUT2D eigenvalue weighted by Gasteiger charge is -1.98. The fraction of sp³-hybridized carbons (Fsp3) is 0. The average Bonchev–Trinajstić information content (AvgIpc) is 3.13. The van der Waals surface area contributed by atoms with E-state index in [1.807, 2.05) is 36.4 Å². The summed E-state index contributed by atoms with van der Waals surface area (Å²) in [7, 11) is 0. The van der Waals surface area contributed by atoms with Gasteiger partial charge in [0, 0.05) is 16.3 Å². The molecule has 0 aliphatic rings. The summed E-state index contributed by atoms with van der Waals surface area (Å²) in [6, 6.07) is 15.0. The minimum Gasteiger partial charge on any atom is -0.472 e. The Morgan fingerprint density at radius 3 is 2.55 bits per heavy atom. The van der Waals surface area contributed by atoms with Crippen LogP contribution in [0.5, 0.6) is 0 Å². The molecule has 0 N–H and O–H groups in total. The van der Waals surface area contributed by atoms with Gasteiger partial charge in [0.25, 0.3) is 0 Å². The van der Waals surface area contributed by atoms with E-state index in [1.54, 1.807) is 12.1 Å². The lowest BCUT2D eigenvalue weighted by Crippen LogP contribution is -1.98. The van der Waals surface area contributed by atoms with Crippen LogP contribution >= 0.6 is 0 Å². The number of fused-ring (bicyclic) bond motifs is 3. The van der Waals surface area contributed by atoms with Crippen molar-refractivity contribution >= 4 is 27.7 Å². The maximum absolute atomic E-state index is 12.3. The summed E-state index contributed by atoms with van der Waals surface area (Å²) in [6.07, 6.45) is 2.96. The van der Waals surface area contributed by atoms with Crippen molar-refractivity contribution in [3.8, 4) is 0 Å². The molecule has 0 bridgehead atoms. The van der Waals surface area contributed by atoms with Gasteiger partial charge in [-0.15, -0.1) is 0 Å². The zero-order valence-corrected chi connectivity index (χ0v) is 10.5. The number of ketones is 1. The predicted molar refractivity (Wildman–Crippen MR) is 75.9 cm³/mol. The topological polar surface area (TPSA) is 43.4 Å². The fourth-order valence-corrected chi connectivity index (χ4v) is 2.43. The van der Waals surface area contributed by atoms with Crippen LogP contribution in [-0.2, 0) is 0 Å². The largest absolute Gasteiger partial charge is 0.472 e. The number of furan rings is 2. The van der Waals surface area contributed by atoms with Crippen LogP contribution in [0.3, 0.4) is 0 Å². The van der Waals surface area contributed by atoms with Gasteiger partial charge in [-0.05, 0) is 30.3 Å². The minimum atomic E-state index is -0.0501. The summed E-state index contributed by atoms with van der Waals surface area (Å²) < 4.78 is 10.7. The molecular weight excluding hydrogens is 252 g/mol. The van der Waals surface area contributed by atoms with Gasteiger partial charge in [-0.3, -0.25) is 4.79 Å². The molecule has 20 heavy (non-hydrogen) atoms. The molecule has 0 saturated carbocycles. The van der Waals surface area contributed by atoms with E-state index in [2.05, 4.69) is 0 Å². The van der Waals surface area contributed by atoms with E-state index in [0.29, 0.717) is 11.1 Å². The zero-order valence-electron chi connectivity index (χ0n) is 10.5. The zero-order chi connectivity index (χ0) is 13.5. The van der Waals surface area contributed by atoms with Crippen molar-refractivity contribution in [3.05, 3.63) is 72.2 Å². The number of benzene rings is 2. The van der Waals surface area contributed by atoms with Crippen LogP contribution in [0.1, 0.15) is 15.9 Å². The molecule has 0 radical (unpaired) electrons.